The predicted octanol–water partition coefficient (Wildman–Crippen LogP) is 3.36. The van der Waals surface area contributed by atoms with Crippen molar-refractivity contribution in [2.75, 3.05) is 17.7 Å². The van der Waals surface area contributed by atoms with Gasteiger partial charge in [0.25, 0.3) is 5.91 Å². The highest BCUT2D eigenvalue weighted by atomic mass is 79.9. The molecule has 20 heavy (non-hydrogen) atoms. The molecule has 1 amide bonds. The summed E-state index contributed by atoms with van der Waals surface area (Å²) >= 11 is 3.34. The molecular weight excluding hydrogens is 320 g/mol. The summed E-state index contributed by atoms with van der Waals surface area (Å²) in [5.74, 6) is 0.408. The minimum Gasteiger partial charge on any atom is -0.484 e. The largest absolute Gasteiger partial charge is 0.484 e. The lowest BCUT2D eigenvalue weighted by molar-refractivity contribution is -0.118. The number of nitrogens with two attached hydrogens (primary N) is 1. The molecule has 0 aliphatic carbocycles. The zero-order valence-electron chi connectivity index (χ0n) is 11.0. The third kappa shape index (κ3) is 3.99. The van der Waals surface area contributed by atoms with Crippen LogP contribution in [0.4, 0.5) is 11.4 Å². The first-order valence-electron chi connectivity index (χ1n) is 6.09. The fourth-order valence-corrected chi connectivity index (χ4v) is 2.00. The molecule has 0 fully saturated rings. The summed E-state index contributed by atoms with van der Waals surface area (Å²) in [5.41, 5.74) is 8.08. The summed E-state index contributed by atoms with van der Waals surface area (Å²) in [6, 6.07) is 12.7. The van der Waals surface area contributed by atoms with Crippen LogP contribution < -0.4 is 15.8 Å². The molecule has 0 bridgehead atoms. The van der Waals surface area contributed by atoms with E-state index in [0.29, 0.717) is 17.1 Å². The third-order valence-corrected chi connectivity index (χ3v) is 3.22. The van der Waals surface area contributed by atoms with Crippen LogP contribution in [0.15, 0.2) is 46.9 Å². The number of halogens is 1. The van der Waals surface area contributed by atoms with Crippen molar-refractivity contribution in [3.63, 3.8) is 0 Å². The van der Waals surface area contributed by atoms with Crippen LogP contribution in [0.3, 0.4) is 0 Å². The van der Waals surface area contributed by atoms with E-state index in [0.717, 1.165) is 10.0 Å². The molecule has 0 aliphatic heterocycles. The van der Waals surface area contributed by atoms with Gasteiger partial charge in [-0.2, -0.15) is 0 Å². The van der Waals surface area contributed by atoms with Gasteiger partial charge < -0.3 is 15.8 Å². The van der Waals surface area contributed by atoms with Crippen LogP contribution in [0.5, 0.6) is 5.75 Å². The van der Waals surface area contributed by atoms with Crippen molar-refractivity contribution in [3.05, 3.63) is 52.5 Å². The van der Waals surface area contributed by atoms with E-state index in [2.05, 4.69) is 21.2 Å². The van der Waals surface area contributed by atoms with Crippen molar-refractivity contribution in [2.24, 2.45) is 0 Å². The van der Waals surface area contributed by atoms with Gasteiger partial charge in [-0.3, -0.25) is 4.79 Å². The number of hydrogen-bond acceptors (Lipinski definition) is 3. The fourth-order valence-electron chi connectivity index (χ4n) is 1.62. The molecule has 0 aliphatic rings. The maximum atomic E-state index is 11.8. The quantitative estimate of drug-likeness (QED) is 0.842. The van der Waals surface area contributed by atoms with Gasteiger partial charge in [0.2, 0.25) is 0 Å². The van der Waals surface area contributed by atoms with E-state index >= 15 is 0 Å². The number of nitrogens with one attached hydrogen (secondary N) is 1. The van der Waals surface area contributed by atoms with E-state index in [4.69, 9.17) is 10.5 Å². The number of amides is 1. The molecule has 0 saturated carbocycles. The molecule has 0 saturated heterocycles. The molecule has 5 heteroatoms. The number of ether oxygens (including phenoxy) is 1. The molecule has 3 N–H and O–H groups in total. The van der Waals surface area contributed by atoms with Crippen LogP contribution in [0.25, 0.3) is 0 Å². The Bertz CT molecular complexity index is 629. The monoisotopic (exact) mass is 334 g/mol. The maximum Gasteiger partial charge on any atom is 0.262 e. The second kappa shape index (κ2) is 6.43. The second-order valence-electron chi connectivity index (χ2n) is 4.37. The molecule has 0 radical (unpaired) electrons. The number of carbonyl (C=O) groups excluding carboxylic acids is 1. The Morgan fingerprint density at radius 2 is 2.10 bits per heavy atom. The molecule has 0 spiro atoms. The minimum atomic E-state index is -0.228. The van der Waals surface area contributed by atoms with Gasteiger partial charge in [-0.05, 0) is 42.8 Å². The van der Waals surface area contributed by atoms with Crippen LogP contribution >= 0.6 is 15.9 Å². The molecule has 0 unspecified atom stereocenters. The van der Waals surface area contributed by atoms with E-state index < -0.39 is 0 Å². The van der Waals surface area contributed by atoms with Crippen molar-refractivity contribution < 1.29 is 9.53 Å². The molecule has 2 rings (SSSR count). The summed E-state index contributed by atoms with van der Waals surface area (Å²) in [6.45, 7) is 1.86. The molecule has 0 aromatic heterocycles. The smallest absolute Gasteiger partial charge is 0.262 e. The van der Waals surface area contributed by atoms with Gasteiger partial charge in [0.15, 0.2) is 6.61 Å². The highest BCUT2D eigenvalue weighted by molar-refractivity contribution is 9.10. The zero-order chi connectivity index (χ0) is 14.5. The Balaban J connectivity index is 1.91. The topological polar surface area (TPSA) is 64.3 Å². The maximum absolute atomic E-state index is 11.8. The van der Waals surface area contributed by atoms with Gasteiger partial charge in [-0.15, -0.1) is 0 Å². The van der Waals surface area contributed by atoms with E-state index in [-0.39, 0.29) is 12.5 Å². The average molecular weight is 335 g/mol. The molecule has 2 aromatic carbocycles. The van der Waals surface area contributed by atoms with Crippen molar-refractivity contribution in [2.45, 2.75) is 6.92 Å². The first-order valence-corrected chi connectivity index (χ1v) is 6.88. The number of carbonyl (C=O) groups is 1. The number of benzene rings is 2. The summed E-state index contributed by atoms with van der Waals surface area (Å²) in [5, 5.41) is 2.74. The van der Waals surface area contributed by atoms with Crippen molar-refractivity contribution in [1.82, 2.24) is 0 Å². The normalized spacial score (nSPS) is 10.1. The lowest BCUT2D eigenvalue weighted by Crippen LogP contribution is -2.20. The molecule has 4 nitrogen and oxygen atoms in total. The average Bonchev–Trinajstić information content (AvgIpc) is 2.41. The minimum absolute atomic E-state index is 0.0514. The van der Waals surface area contributed by atoms with Crippen molar-refractivity contribution in [1.29, 1.82) is 0 Å². The fraction of sp³-hybridized carbons (Fsp3) is 0.133. The van der Waals surface area contributed by atoms with Crippen LogP contribution in [-0.4, -0.2) is 12.5 Å². The lowest BCUT2D eigenvalue weighted by Gasteiger charge is -2.09. The number of rotatable bonds is 4. The van der Waals surface area contributed by atoms with Crippen LogP contribution in [0, 0.1) is 6.92 Å². The van der Waals surface area contributed by atoms with Gasteiger partial charge in [-0.25, -0.2) is 0 Å². The third-order valence-electron chi connectivity index (χ3n) is 2.73. The number of anilines is 2. The van der Waals surface area contributed by atoms with Gasteiger partial charge in [0.05, 0.1) is 0 Å². The standard InChI is InChI=1S/C15H15BrN2O2/c1-10-5-6-12(8-14(10)17)18-15(19)9-20-13-4-2-3-11(16)7-13/h2-8H,9,17H2,1H3,(H,18,19). The van der Waals surface area contributed by atoms with Gasteiger partial charge in [0.1, 0.15) is 5.75 Å². The van der Waals surface area contributed by atoms with E-state index in [1.807, 2.05) is 31.2 Å². The van der Waals surface area contributed by atoms with Crippen molar-refractivity contribution >= 4 is 33.2 Å². The highest BCUT2D eigenvalue weighted by Crippen LogP contribution is 2.18. The predicted molar refractivity (Wildman–Crippen MR) is 83.9 cm³/mol. The Morgan fingerprint density at radius 3 is 2.80 bits per heavy atom. The summed E-state index contributed by atoms with van der Waals surface area (Å²) in [4.78, 5) is 11.8. The van der Waals surface area contributed by atoms with E-state index in [9.17, 15) is 4.79 Å². The molecule has 2 aromatic rings. The molecule has 0 atom stereocenters. The molecule has 104 valence electrons. The summed E-state index contributed by atoms with van der Waals surface area (Å²) < 4.78 is 6.31. The number of hydrogen-bond donors (Lipinski definition) is 2. The summed E-state index contributed by atoms with van der Waals surface area (Å²) in [6.07, 6.45) is 0. The Morgan fingerprint density at radius 1 is 1.30 bits per heavy atom. The Labute approximate surface area is 126 Å². The van der Waals surface area contributed by atoms with Crippen LogP contribution in [0.1, 0.15) is 5.56 Å². The molecule has 0 heterocycles. The van der Waals surface area contributed by atoms with Gasteiger partial charge >= 0.3 is 0 Å². The molecular formula is C15H15BrN2O2. The number of aryl methyl sites for hydroxylation is 1. The highest BCUT2D eigenvalue weighted by Gasteiger charge is 2.05. The Kier molecular flexibility index (Phi) is 4.63. The van der Waals surface area contributed by atoms with Crippen molar-refractivity contribution in [3.8, 4) is 5.75 Å². The van der Waals surface area contributed by atoms with E-state index in [1.165, 1.54) is 0 Å². The SMILES string of the molecule is Cc1ccc(NC(=O)COc2cccc(Br)c2)cc1N. The van der Waals surface area contributed by atoms with E-state index in [1.54, 1.807) is 18.2 Å². The van der Waals surface area contributed by atoms with Crippen LogP contribution in [0.2, 0.25) is 0 Å². The van der Waals surface area contributed by atoms with Gasteiger partial charge in [-0.1, -0.05) is 28.1 Å². The first-order chi connectivity index (χ1) is 9.54. The van der Waals surface area contributed by atoms with Crippen LogP contribution in [-0.2, 0) is 4.79 Å². The second-order valence-corrected chi connectivity index (χ2v) is 5.28. The first kappa shape index (κ1) is 14.4. The lowest BCUT2D eigenvalue weighted by atomic mass is 10.2. The van der Waals surface area contributed by atoms with Gasteiger partial charge in [0, 0.05) is 15.8 Å². The Hall–Kier alpha value is -2.01. The number of nitrogen functional groups attached to an aromatic ring is 1. The summed E-state index contributed by atoms with van der Waals surface area (Å²) in [7, 11) is 0. The zero-order valence-corrected chi connectivity index (χ0v) is 12.6.